The SMILES string of the molecule is CCS(=O)(=O)N(C)C(=O)C(C)Cc1noc2c1CCCC2. The molecule has 1 unspecified atom stereocenters. The maximum absolute atomic E-state index is 12.2. The zero-order valence-corrected chi connectivity index (χ0v) is 13.6. The lowest BCUT2D eigenvalue weighted by Crippen LogP contribution is -2.38. The molecule has 0 aliphatic heterocycles. The van der Waals surface area contributed by atoms with Crippen LogP contribution >= 0.6 is 0 Å². The molecular formula is C14H22N2O4S. The van der Waals surface area contributed by atoms with Gasteiger partial charge in [-0.1, -0.05) is 12.1 Å². The molecule has 0 spiro atoms. The number of amides is 1. The molecular weight excluding hydrogens is 292 g/mol. The highest BCUT2D eigenvalue weighted by molar-refractivity contribution is 7.89. The van der Waals surface area contributed by atoms with Gasteiger partial charge < -0.3 is 4.52 Å². The summed E-state index contributed by atoms with van der Waals surface area (Å²) in [5.41, 5.74) is 1.91. The van der Waals surface area contributed by atoms with Crippen molar-refractivity contribution in [3.8, 4) is 0 Å². The number of sulfonamides is 1. The predicted octanol–water partition coefficient (Wildman–Crippen LogP) is 1.54. The van der Waals surface area contributed by atoms with Crippen LogP contribution in [0, 0.1) is 5.92 Å². The maximum atomic E-state index is 12.2. The lowest BCUT2D eigenvalue weighted by molar-refractivity contribution is -0.129. The monoisotopic (exact) mass is 314 g/mol. The Labute approximate surface area is 125 Å². The molecule has 1 heterocycles. The highest BCUT2D eigenvalue weighted by Crippen LogP contribution is 2.26. The van der Waals surface area contributed by atoms with Gasteiger partial charge in [-0.2, -0.15) is 0 Å². The summed E-state index contributed by atoms with van der Waals surface area (Å²) in [6.07, 6.45) is 4.45. The Balaban J connectivity index is 2.09. The van der Waals surface area contributed by atoms with Gasteiger partial charge in [-0.25, -0.2) is 12.7 Å². The first-order chi connectivity index (χ1) is 9.86. The summed E-state index contributed by atoms with van der Waals surface area (Å²) >= 11 is 0. The van der Waals surface area contributed by atoms with E-state index in [9.17, 15) is 13.2 Å². The number of aromatic nitrogens is 1. The fraction of sp³-hybridized carbons (Fsp3) is 0.714. The third kappa shape index (κ3) is 3.28. The Bertz CT molecular complexity index is 621. The molecule has 7 heteroatoms. The van der Waals surface area contributed by atoms with Gasteiger partial charge in [0.1, 0.15) is 5.76 Å². The van der Waals surface area contributed by atoms with E-state index in [1.165, 1.54) is 14.0 Å². The van der Waals surface area contributed by atoms with Crippen LogP contribution in [0.4, 0.5) is 0 Å². The summed E-state index contributed by atoms with van der Waals surface area (Å²) < 4.78 is 29.7. The molecule has 0 N–H and O–H groups in total. The molecule has 1 atom stereocenters. The van der Waals surface area contributed by atoms with Crippen molar-refractivity contribution in [1.82, 2.24) is 9.46 Å². The molecule has 0 radical (unpaired) electrons. The number of fused-ring (bicyclic) bond motifs is 1. The van der Waals surface area contributed by atoms with E-state index in [0.29, 0.717) is 6.42 Å². The van der Waals surface area contributed by atoms with Crippen molar-refractivity contribution in [2.45, 2.75) is 46.0 Å². The van der Waals surface area contributed by atoms with Gasteiger partial charge in [0.15, 0.2) is 0 Å². The molecule has 6 nitrogen and oxygen atoms in total. The minimum atomic E-state index is -3.50. The van der Waals surface area contributed by atoms with Crippen molar-refractivity contribution in [3.05, 3.63) is 17.0 Å². The van der Waals surface area contributed by atoms with Crippen molar-refractivity contribution in [1.29, 1.82) is 0 Å². The number of nitrogens with zero attached hydrogens (tertiary/aromatic N) is 2. The standard InChI is InChI=1S/C14H22N2O4S/c1-4-21(18,19)16(3)14(17)10(2)9-12-11-7-5-6-8-13(11)20-15-12/h10H,4-9H2,1-3H3. The van der Waals surface area contributed by atoms with E-state index in [1.807, 2.05) is 0 Å². The van der Waals surface area contributed by atoms with E-state index in [1.54, 1.807) is 6.92 Å². The molecule has 0 aromatic carbocycles. The number of aryl methyl sites for hydroxylation is 1. The van der Waals surface area contributed by atoms with Crippen LogP contribution in [0.5, 0.6) is 0 Å². The van der Waals surface area contributed by atoms with Crippen LogP contribution in [0.3, 0.4) is 0 Å². The minimum absolute atomic E-state index is 0.0820. The van der Waals surface area contributed by atoms with Gasteiger partial charge in [0.25, 0.3) is 0 Å². The second-order valence-electron chi connectivity index (χ2n) is 5.55. The Morgan fingerprint density at radius 1 is 1.38 bits per heavy atom. The van der Waals surface area contributed by atoms with Crippen LogP contribution in [-0.2, 0) is 34.1 Å². The quantitative estimate of drug-likeness (QED) is 0.823. The summed E-state index contributed by atoms with van der Waals surface area (Å²) in [7, 11) is -2.18. The smallest absolute Gasteiger partial charge is 0.238 e. The third-order valence-corrected chi connectivity index (χ3v) is 5.79. The molecule has 1 aliphatic carbocycles. The fourth-order valence-electron chi connectivity index (χ4n) is 2.63. The van der Waals surface area contributed by atoms with E-state index in [2.05, 4.69) is 5.16 Å². The van der Waals surface area contributed by atoms with Crippen LogP contribution < -0.4 is 0 Å². The zero-order chi connectivity index (χ0) is 15.6. The third-order valence-electron chi connectivity index (χ3n) is 4.05. The second-order valence-corrected chi connectivity index (χ2v) is 7.84. The zero-order valence-electron chi connectivity index (χ0n) is 12.8. The molecule has 0 bridgehead atoms. The summed E-state index contributed by atoms with van der Waals surface area (Å²) in [4.78, 5) is 12.2. The first-order valence-corrected chi connectivity index (χ1v) is 8.94. The molecule has 0 saturated carbocycles. The molecule has 1 aliphatic rings. The van der Waals surface area contributed by atoms with Crippen molar-refractivity contribution in [2.75, 3.05) is 12.8 Å². The van der Waals surface area contributed by atoms with Gasteiger partial charge in [-0.3, -0.25) is 4.79 Å². The summed E-state index contributed by atoms with van der Waals surface area (Å²) in [6.45, 7) is 3.26. The predicted molar refractivity (Wildman–Crippen MR) is 78.2 cm³/mol. The number of hydrogen-bond acceptors (Lipinski definition) is 5. The average Bonchev–Trinajstić information content (AvgIpc) is 2.89. The van der Waals surface area contributed by atoms with E-state index in [0.717, 1.165) is 47.0 Å². The van der Waals surface area contributed by atoms with E-state index >= 15 is 0 Å². The van der Waals surface area contributed by atoms with E-state index < -0.39 is 21.8 Å². The fourth-order valence-corrected chi connectivity index (χ4v) is 3.47. The van der Waals surface area contributed by atoms with Crippen molar-refractivity contribution in [2.24, 2.45) is 5.92 Å². The van der Waals surface area contributed by atoms with Crippen LogP contribution in [-0.4, -0.2) is 36.6 Å². The van der Waals surface area contributed by atoms with Gasteiger partial charge in [0.05, 0.1) is 11.4 Å². The lowest BCUT2D eigenvalue weighted by Gasteiger charge is -2.20. The minimum Gasteiger partial charge on any atom is -0.361 e. The van der Waals surface area contributed by atoms with Crippen molar-refractivity contribution >= 4 is 15.9 Å². The molecule has 1 aromatic heterocycles. The summed E-state index contributed by atoms with van der Waals surface area (Å²) in [5, 5.41) is 4.07. The van der Waals surface area contributed by atoms with Crippen LogP contribution in [0.15, 0.2) is 4.52 Å². The highest BCUT2D eigenvalue weighted by Gasteiger charge is 2.28. The van der Waals surface area contributed by atoms with Gasteiger partial charge in [0, 0.05) is 31.4 Å². The summed E-state index contributed by atoms with van der Waals surface area (Å²) in [5.74, 6) is 0.00343. The molecule has 2 rings (SSSR count). The van der Waals surface area contributed by atoms with Gasteiger partial charge >= 0.3 is 0 Å². The Kier molecular flexibility index (Phi) is 4.70. The number of rotatable bonds is 5. The van der Waals surface area contributed by atoms with Crippen molar-refractivity contribution in [3.63, 3.8) is 0 Å². The normalized spacial score (nSPS) is 16.3. The molecule has 0 saturated heterocycles. The van der Waals surface area contributed by atoms with Crippen molar-refractivity contribution < 1.29 is 17.7 Å². The Morgan fingerprint density at radius 3 is 2.71 bits per heavy atom. The van der Waals surface area contributed by atoms with Crippen LogP contribution in [0.1, 0.15) is 43.7 Å². The Morgan fingerprint density at radius 2 is 2.05 bits per heavy atom. The molecule has 0 fully saturated rings. The highest BCUT2D eigenvalue weighted by atomic mass is 32.2. The molecule has 118 valence electrons. The van der Waals surface area contributed by atoms with E-state index in [4.69, 9.17) is 4.52 Å². The topological polar surface area (TPSA) is 80.5 Å². The van der Waals surface area contributed by atoms with Crippen LogP contribution in [0.2, 0.25) is 0 Å². The first-order valence-electron chi connectivity index (χ1n) is 7.33. The lowest BCUT2D eigenvalue weighted by atomic mass is 9.93. The average molecular weight is 314 g/mol. The van der Waals surface area contributed by atoms with Gasteiger partial charge in [-0.15, -0.1) is 0 Å². The maximum Gasteiger partial charge on any atom is 0.238 e. The number of carbonyl (C=O) groups excluding carboxylic acids is 1. The van der Waals surface area contributed by atoms with Crippen LogP contribution in [0.25, 0.3) is 0 Å². The van der Waals surface area contributed by atoms with Gasteiger partial charge in [-0.05, 0) is 26.2 Å². The largest absolute Gasteiger partial charge is 0.361 e. The first kappa shape index (κ1) is 16.0. The molecule has 21 heavy (non-hydrogen) atoms. The second kappa shape index (κ2) is 6.17. The number of carbonyl (C=O) groups is 1. The Hall–Kier alpha value is -1.37. The molecule has 1 amide bonds. The number of hydrogen-bond donors (Lipinski definition) is 0. The van der Waals surface area contributed by atoms with E-state index in [-0.39, 0.29) is 5.75 Å². The van der Waals surface area contributed by atoms with Gasteiger partial charge in [0.2, 0.25) is 15.9 Å². The molecule has 1 aromatic rings. The summed E-state index contributed by atoms with van der Waals surface area (Å²) in [6, 6.07) is 0.